The minimum absolute atomic E-state index is 0.0565. The molecule has 170 valence electrons. The number of primary amides is 1. The summed E-state index contributed by atoms with van der Waals surface area (Å²) < 4.78 is 15.6. The van der Waals surface area contributed by atoms with Crippen LogP contribution in [-0.2, 0) is 6.54 Å². The molecule has 34 heavy (non-hydrogen) atoms. The van der Waals surface area contributed by atoms with Crippen molar-refractivity contribution in [1.29, 1.82) is 5.26 Å². The number of carbonyl (C=O) groups is 2. The number of pyridine rings is 2. The number of hydrogen-bond donors (Lipinski definition) is 2. The third kappa shape index (κ3) is 4.29. The molecule has 0 fully saturated rings. The lowest BCUT2D eigenvalue weighted by Gasteiger charge is -2.11. The molecule has 0 bridgehead atoms. The van der Waals surface area contributed by atoms with Crippen LogP contribution in [0.25, 0.3) is 10.9 Å². The van der Waals surface area contributed by atoms with Crippen LogP contribution >= 0.6 is 11.6 Å². The molecule has 2 amide bonds. The molecule has 11 heteroatoms. The second kappa shape index (κ2) is 8.88. The maximum absolute atomic E-state index is 14.0. The molecule has 4 aromatic rings. The number of rotatable bonds is 5. The quantitative estimate of drug-likeness (QED) is 0.450. The van der Waals surface area contributed by atoms with Crippen molar-refractivity contribution in [3.63, 3.8) is 0 Å². The SMILES string of the molecule is Cc1nn(Cc2ccc(C#N)cn2)c(C)c1NC(=O)c1cc(C(N)=O)nc2cc(F)c(Cl)cc12. The molecule has 0 unspecified atom stereocenters. The van der Waals surface area contributed by atoms with E-state index in [1.807, 2.05) is 6.07 Å². The molecule has 0 spiro atoms. The van der Waals surface area contributed by atoms with E-state index in [0.717, 1.165) is 6.07 Å². The van der Waals surface area contributed by atoms with E-state index in [2.05, 4.69) is 20.4 Å². The van der Waals surface area contributed by atoms with Gasteiger partial charge in [0.15, 0.2) is 0 Å². The molecule has 4 rings (SSSR count). The fourth-order valence-corrected chi connectivity index (χ4v) is 3.65. The Morgan fingerprint density at radius 2 is 2.03 bits per heavy atom. The lowest BCUT2D eigenvalue weighted by molar-refractivity contribution is 0.0996. The Bertz CT molecular complexity index is 1510. The van der Waals surface area contributed by atoms with E-state index >= 15 is 0 Å². The van der Waals surface area contributed by atoms with E-state index < -0.39 is 17.6 Å². The molecule has 0 atom stereocenters. The Morgan fingerprint density at radius 1 is 1.26 bits per heavy atom. The molecule has 0 aliphatic heterocycles. The summed E-state index contributed by atoms with van der Waals surface area (Å²) >= 11 is 5.91. The van der Waals surface area contributed by atoms with Gasteiger partial charge in [0.05, 0.1) is 51.0 Å². The fraction of sp³-hybridized carbons (Fsp3) is 0.130. The van der Waals surface area contributed by atoms with Crippen LogP contribution in [0.15, 0.2) is 36.5 Å². The highest BCUT2D eigenvalue weighted by Crippen LogP contribution is 2.27. The van der Waals surface area contributed by atoms with Gasteiger partial charge in [-0.2, -0.15) is 10.4 Å². The Hall–Kier alpha value is -4.36. The van der Waals surface area contributed by atoms with Crippen molar-refractivity contribution in [2.24, 2.45) is 5.73 Å². The first-order chi connectivity index (χ1) is 16.2. The number of aromatic nitrogens is 4. The first-order valence-electron chi connectivity index (χ1n) is 9.98. The molecule has 3 N–H and O–H groups in total. The van der Waals surface area contributed by atoms with Gasteiger partial charge in [-0.25, -0.2) is 9.37 Å². The molecule has 0 aliphatic carbocycles. The smallest absolute Gasteiger partial charge is 0.267 e. The lowest BCUT2D eigenvalue weighted by atomic mass is 10.1. The minimum atomic E-state index is -0.860. The second-order valence-electron chi connectivity index (χ2n) is 7.51. The number of nitrogens with zero attached hydrogens (tertiary/aromatic N) is 5. The van der Waals surface area contributed by atoms with Crippen molar-refractivity contribution >= 4 is 40.0 Å². The number of nitrogens with two attached hydrogens (primary N) is 1. The van der Waals surface area contributed by atoms with Gasteiger partial charge in [0.2, 0.25) is 0 Å². The van der Waals surface area contributed by atoms with Crippen LogP contribution in [0, 0.1) is 31.0 Å². The van der Waals surface area contributed by atoms with Crippen LogP contribution in [0.3, 0.4) is 0 Å². The highest BCUT2D eigenvalue weighted by molar-refractivity contribution is 6.31. The predicted molar refractivity (Wildman–Crippen MR) is 123 cm³/mol. The summed E-state index contributed by atoms with van der Waals surface area (Å²) in [4.78, 5) is 33.2. The van der Waals surface area contributed by atoms with Gasteiger partial charge in [-0.15, -0.1) is 0 Å². The van der Waals surface area contributed by atoms with Gasteiger partial charge < -0.3 is 11.1 Å². The molecule has 0 radical (unpaired) electrons. The number of hydrogen-bond acceptors (Lipinski definition) is 6. The van der Waals surface area contributed by atoms with E-state index in [4.69, 9.17) is 22.6 Å². The monoisotopic (exact) mass is 477 g/mol. The van der Waals surface area contributed by atoms with Crippen LogP contribution in [-0.4, -0.2) is 31.6 Å². The summed E-state index contributed by atoms with van der Waals surface area (Å²) in [5, 5.41) is 16.3. The number of amides is 2. The summed E-state index contributed by atoms with van der Waals surface area (Å²) in [6, 6.07) is 8.96. The van der Waals surface area contributed by atoms with Gasteiger partial charge in [-0.05, 0) is 38.1 Å². The van der Waals surface area contributed by atoms with Crippen molar-refractivity contribution < 1.29 is 14.0 Å². The maximum atomic E-state index is 14.0. The van der Waals surface area contributed by atoms with Crippen molar-refractivity contribution in [2.75, 3.05) is 5.32 Å². The fourth-order valence-electron chi connectivity index (χ4n) is 3.49. The molecule has 3 aromatic heterocycles. The molecular formula is C23H17ClFN7O2. The third-order valence-corrected chi connectivity index (χ3v) is 5.52. The molecule has 0 aliphatic rings. The van der Waals surface area contributed by atoms with Crippen LogP contribution in [0.1, 0.15) is 43.5 Å². The Labute approximate surface area is 198 Å². The van der Waals surface area contributed by atoms with Crippen LogP contribution < -0.4 is 11.1 Å². The first-order valence-corrected chi connectivity index (χ1v) is 10.4. The minimum Gasteiger partial charge on any atom is -0.364 e. The van der Waals surface area contributed by atoms with Crippen LogP contribution in [0.5, 0.6) is 0 Å². The number of nitriles is 1. The van der Waals surface area contributed by atoms with Gasteiger partial charge >= 0.3 is 0 Å². The molecular weight excluding hydrogens is 461 g/mol. The molecule has 9 nitrogen and oxygen atoms in total. The highest BCUT2D eigenvalue weighted by Gasteiger charge is 2.20. The van der Waals surface area contributed by atoms with E-state index in [-0.39, 0.29) is 27.2 Å². The van der Waals surface area contributed by atoms with Crippen molar-refractivity contribution in [3.05, 3.63) is 81.3 Å². The average Bonchev–Trinajstić information content (AvgIpc) is 3.06. The zero-order valence-electron chi connectivity index (χ0n) is 18.1. The maximum Gasteiger partial charge on any atom is 0.267 e. The number of nitrogens with one attached hydrogen (secondary N) is 1. The number of carbonyl (C=O) groups excluding carboxylic acids is 2. The van der Waals surface area contributed by atoms with Crippen molar-refractivity contribution in [3.8, 4) is 6.07 Å². The van der Waals surface area contributed by atoms with Gasteiger partial charge in [0, 0.05) is 17.6 Å². The Kier molecular flexibility index (Phi) is 5.96. The number of aryl methyl sites for hydroxylation is 1. The largest absolute Gasteiger partial charge is 0.364 e. The zero-order valence-corrected chi connectivity index (χ0v) is 18.8. The summed E-state index contributed by atoms with van der Waals surface area (Å²) in [5.41, 5.74) is 8.11. The summed E-state index contributed by atoms with van der Waals surface area (Å²) in [6.07, 6.45) is 1.47. The number of fused-ring (bicyclic) bond motifs is 1. The van der Waals surface area contributed by atoms with Crippen molar-refractivity contribution in [1.82, 2.24) is 19.7 Å². The molecule has 0 saturated carbocycles. The standard InChI is InChI=1S/C23H17ClFN7O2/c1-11-21(12(2)32(31-11)10-14-4-3-13(8-26)9-28-14)30-23(34)16-6-20(22(27)33)29-19-7-18(25)17(24)5-15(16)19/h3-7,9H,10H2,1-2H3,(H2,27,33)(H,30,34). The zero-order chi connectivity index (χ0) is 24.6. The highest BCUT2D eigenvalue weighted by atomic mass is 35.5. The topological polar surface area (TPSA) is 140 Å². The molecule has 3 heterocycles. The average molecular weight is 478 g/mol. The Balaban J connectivity index is 1.69. The number of anilines is 1. The van der Waals surface area contributed by atoms with Gasteiger partial charge in [0.25, 0.3) is 11.8 Å². The van der Waals surface area contributed by atoms with E-state index in [0.29, 0.717) is 34.9 Å². The molecule has 0 saturated heterocycles. The predicted octanol–water partition coefficient (Wildman–Crippen LogP) is 3.51. The van der Waals surface area contributed by atoms with Gasteiger partial charge in [-0.1, -0.05) is 11.6 Å². The third-order valence-electron chi connectivity index (χ3n) is 5.23. The van der Waals surface area contributed by atoms with E-state index in [9.17, 15) is 14.0 Å². The Morgan fingerprint density at radius 3 is 2.68 bits per heavy atom. The van der Waals surface area contributed by atoms with Gasteiger partial charge in [0.1, 0.15) is 17.6 Å². The summed E-state index contributed by atoms with van der Waals surface area (Å²) in [7, 11) is 0. The normalized spacial score (nSPS) is 10.8. The summed E-state index contributed by atoms with van der Waals surface area (Å²) in [5.74, 6) is -2.17. The summed E-state index contributed by atoms with van der Waals surface area (Å²) in [6.45, 7) is 3.84. The van der Waals surface area contributed by atoms with Crippen LogP contribution in [0.4, 0.5) is 10.1 Å². The molecule has 1 aromatic carbocycles. The number of halogens is 2. The number of benzene rings is 1. The van der Waals surface area contributed by atoms with Gasteiger partial charge in [-0.3, -0.25) is 19.3 Å². The lowest BCUT2D eigenvalue weighted by Crippen LogP contribution is -2.18. The van der Waals surface area contributed by atoms with E-state index in [1.54, 1.807) is 30.7 Å². The first kappa shape index (κ1) is 22.8. The van der Waals surface area contributed by atoms with Crippen molar-refractivity contribution in [2.45, 2.75) is 20.4 Å². The second-order valence-corrected chi connectivity index (χ2v) is 7.92. The van der Waals surface area contributed by atoms with Crippen LogP contribution in [0.2, 0.25) is 5.02 Å². The van der Waals surface area contributed by atoms with E-state index in [1.165, 1.54) is 18.3 Å².